The molecule has 0 saturated heterocycles. The van der Waals surface area contributed by atoms with Crippen LogP contribution in [0.1, 0.15) is 18.9 Å². The minimum Gasteiger partial charge on any atom is -0.330 e. The number of aryl methyl sites for hydroxylation is 1. The zero-order valence-corrected chi connectivity index (χ0v) is 10.8. The molecule has 0 aromatic heterocycles. The van der Waals surface area contributed by atoms with E-state index in [1.54, 1.807) is 11.8 Å². The van der Waals surface area contributed by atoms with E-state index in [1.165, 1.54) is 10.5 Å². The van der Waals surface area contributed by atoms with E-state index in [4.69, 9.17) is 5.73 Å². The first kappa shape index (κ1) is 12.5. The number of thioether (sulfide) groups is 1. The van der Waals surface area contributed by atoms with Gasteiger partial charge in [-0.05, 0) is 43.0 Å². The molecule has 1 atom stereocenters. The van der Waals surface area contributed by atoms with Crippen LogP contribution in [-0.2, 0) is 11.2 Å². The monoisotopic (exact) mass is 250 g/mol. The van der Waals surface area contributed by atoms with Crippen molar-refractivity contribution >= 4 is 23.4 Å². The van der Waals surface area contributed by atoms with E-state index in [-0.39, 0.29) is 5.91 Å². The van der Waals surface area contributed by atoms with Crippen molar-refractivity contribution in [3.63, 3.8) is 0 Å². The Hall–Kier alpha value is -1.000. The van der Waals surface area contributed by atoms with Gasteiger partial charge in [0, 0.05) is 4.90 Å². The summed E-state index contributed by atoms with van der Waals surface area (Å²) in [5, 5.41) is 2.92. The van der Waals surface area contributed by atoms with E-state index >= 15 is 0 Å². The number of carbonyl (C=O) groups excluding carboxylic acids is 1. The summed E-state index contributed by atoms with van der Waals surface area (Å²) in [6.45, 7) is 2.90. The molecular formula is C13H18N2OS. The summed E-state index contributed by atoms with van der Waals surface area (Å²) in [6, 6.07) is 6.33. The molecule has 0 spiro atoms. The lowest BCUT2D eigenvalue weighted by molar-refractivity contribution is -0.113. The third-order valence-corrected chi connectivity index (χ3v) is 4.08. The second kappa shape index (κ2) is 5.56. The molecule has 1 aliphatic heterocycles. The van der Waals surface area contributed by atoms with Gasteiger partial charge in [-0.2, -0.15) is 0 Å². The first-order valence-corrected chi connectivity index (χ1v) is 6.93. The van der Waals surface area contributed by atoms with Gasteiger partial charge in [0.25, 0.3) is 0 Å². The van der Waals surface area contributed by atoms with Gasteiger partial charge in [0.05, 0.1) is 11.4 Å². The molecule has 0 aliphatic carbocycles. The number of rotatable bonds is 4. The van der Waals surface area contributed by atoms with Gasteiger partial charge in [-0.1, -0.05) is 13.0 Å². The van der Waals surface area contributed by atoms with Gasteiger partial charge in [-0.3, -0.25) is 4.79 Å². The van der Waals surface area contributed by atoms with E-state index in [1.807, 2.05) is 0 Å². The Labute approximate surface area is 106 Å². The number of nitrogens with two attached hydrogens (primary N) is 1. The highest BCUT2D eigenvalue weighted by Gasteiger charge is 2.15. The highest BCUT2D eigenvalue weighted by Crippen LogP contribution is 2.32. The van der Waals surface area contributed by atoms with Crippen LogP contribution in [0, 0.1) is 5.92 Å². The molecule has 3 N–H and O–H groups in total. The summed E-state index contributed by atoms with van der Waals surface area (Å²) >= 11 is 1.60. The Kier molecular flexibility index (Phi) is 4.07. The van der Waals surface area contributed by atoms with E-state index in [0.717, 1.165) is 25.1 Å². The van der Waals surface area contributed by atoms with Crippen LogP contribution in [0.4, 0.5) is 5.69 Å². The molecule has 4 heteroatoms. The van der Waals surface area contributed by atoms with Crippen LogP contribution in [0.15, 0.2) is 23.1 Å². The first-order valence-electron chi connectivity index (χ1n) is 5.94. The van der Waals surface area contributed by atoms with Crippen molar-refractivity contribution in [1.29, 1.82) is 0 Å². The summed E-state index contributed by atoms with van der Waals surface area (Å²) in [4.78, 5) is 12.5. The molecule has 2 rings (SSSR count). The number of hydrogen-bond acceptors (Lipinski definition) is 3. The van der Waals surface area contributed by atoms with Gasteiger partial charge in [-0.25, -0.2) is 0 Å². The zero-order chi connectivity index (χ0) is 12.3. The Morgan fingerprint density at radius 2 is 2.35 bits per heavy atom. The van der Waals surface area contributed by atoms with Crippen LogP contribution in [0.3, 0.4) is 0 Å². The average Bonchev–Trinajstić information content (AvgIpc) is 2.35. The van der Waals surface area contributed by atoms with Crippen molar-refractivity contribution in [2.24, 2.45) is 11.7 Å². The van der Waals surface area contributed by atoms with Crippen molar-refractivity contribution in [2.45, 2.75) is 24.7 Å². The maximum atomic E-state index is 11.3. The number of fused-ring (bicyclic) bond motifs is 1. The quantitative estimate of drug-likeness (QED) is 0.862. The Morgan fingerprint density at radius 1 is 1.53 bits per heavy atom. The lowest BCUT2D eigenvalue weighted by atomic mass is 10.0. The predicted molar refractivity (Wildman–Crippen MR) is 72.3 cm³/mol. The molecule has 0 fully saturated rings. The van der Waals surface area contributed by atoms with Crippen molar-refractivity contribution in [3.05, 3.63) is 23.8 Å². The van der Waals surface area contributed by atoms with Gasteiger partial charge in [-0.15, -0.1) is 11.8 Å². The zero-order valence-electron chi connectivity index (χ0n) is 10.0. The van der Waals surface area contributed by atoms with E-state index in [0.29, 0.717) is 11.7 Å². The molecule has 1 unspecified atom stereocenters. The van der Waals surface area contributed by atoms with Crippen LogP contribution in [0.5, 0.6) is 0 Å². The van der Waals surface area contributed by atoms with Crippen LogP contribution in [-0.4, -0.2) is 18.2 Å². The summed E-state index contributed by atoms with van der Waals surface area (Å²) in [5.74, 6) is 1.17. The van der Waals surface area contributed by atoms with Gasteiger partial charge >= 0.3 is 0 Å². The van der Waals surface area contributed by atoms with Gasteiger partial charge in [0.15, 0.2) is 0 Å². The molecule has 1 aliphatic rings. The molecule has 1 aromatic rings. The number of benzene rings is 1. The minimum absolute atomic E-state index is 0.0926. The SMILES string of the molecule is CC(CN)CCc1ccc2c(c1)NC(=O)CS2. The maximum Gasteiger partial charge on any atom is 0.234 e. The fraction of sp³-hybridized carbons (Fsp3) is 0.462. The molecule has 1 heterocycles. The topological polar surface area (TPSA) is 55.1 Å². The van der Waals surface area contributed by atoms with Crippen LogP contribution < -0.4 is 11.1 Å². The molecular weight excluding hydrogens is 232 g/mol. The van der Waals surface area contributed by atoms with Gasteiger partial charge in [0.2, 0.25) is 5.91 Å². The number of carbonyl (C=O) groups is 1. The van der Waals surface area contributed by atoms with E-state index < -0.39 is 0 Å². The second-order valence-electron chi connectivity index (χ2n) is 4.55. The Bertz CT molecular complexity index is 420. The summed E-state index contributed by atoms with van der Waals surface area (Å²) in [6.07, 6.45) is 2.11. The third-order valence-electron chi connectivity index (χ3n) is 3.01. The number of anilines is 1. The highest BCUT2D eigenvalue weighted by molar-refractivity contribution is 8.00. The summed E-state index contributed by atoms with van der Waals surface area (Å²) < 4.78 is 0. The van der Waals surface area contributed by atoms with Crippen molar-refractivity contribution < 1.29 is 4.79 Å². The standard InChI is InChI=1S/C13H18N2OS/c1-9(7-14)2-3-10-4-5-12-11(6-10)15-13(16)8-17-12/h4-6,9H,2-3,7-8,14H2,1H3,(H,15,16). The minimum atomic E-state index is 0.0926. The van der Waals surface area contributed by atoms with Crippen LogP contribution >= 0.6 is 11.8 Å². The molecule has 3 nitrogen and oxygen atoms in total. The van der Waals surface area contributed by atoms with Crippen molar-refractivity contribution in [2.75, 3.05) is 17.6 Å². The van der Waals surface area contributed by atoms with E-state index in [2.05, 4.69) is 30.4 Å². The first-order chi connectivity index (χ1) is 8.19. The largest absolute Gasteiger partial charge is 0.330 e. The fourth-order valence-corrected chi connectivity index (χ4v) is 2.61. The number of nitrogens with one attached hydrogen (secondary N) is 1. The van der Waals surface area contributed by atoms with E-state index in [9.17, 15) is 4.79 Å². The third kappa shape index (κ3) is 3.23. The molecule has 1 amide bonds. The number of hydrogen-bond donors (Lipinski definition) is 2. The molecule has 17 heavy (non-hydrogen) atoms. The van der Waals surface area contributed by atoms with Crippen LogP contribution in [0.25, 0.3) is 0 Å². The molecule has 1 aromatic carbocycles. The Balaban J connectivity index is 2.05. The smallest absolute Gasteiger partial charge is 0.234 e. The average molecular weight is 250 g/mol. The molecule has 92 valence electrons. The fourth-order valence-electron chi connectivity index (χ4n) is 1.82. The second-order valence-corrected chi connectivity index (χ2v) is 5.56. The lowest BCUT2D eigenvalue weighted by Crippen LogP contribution is -2.18. The van der Waals surface area contributed by atoms with Gasteiger partial charge < -0.3 is 11.1 Å². The predicted octanol–water partition coefficient (Wildman–Crippen LogP) is 2.26. The highest BCUT2D eigenvalue weighted by atomic mass is 32.2. The van der Waals surface area contributed by atoms with Crippen molar-refractivity contribution in [1.82, 2.24) is 0 Å². The van der Waals surface area contributed by atoms with Crippen molar-refractivity contribution in [3.8, 4) is 0 Å². The summed E-state index contributed by atoms with van der Waals surface area (Å²) in [7, 11) is 0. The Morgan fingerprint density at radius 3 is 3.12 bits per heavy atom. The molecule has 0 bridgehead atoms. The normalized spacial score (nSPS) is 16.2. The van der Waals surface area contributed by atoms with Gasteiger partial charge in [0.1, 0.15) is 0 Å². The molecule has 0 saturated carbocycles. The maximum absolute atomic E-state index is 11.3. The number of amides is 1. The summed E-state index contributed by atoms with van der Waals surface area (Å²) in [5.41, 5.74) is 7.84. The lowest BCUT2D eigenvalue weighted by Gasteiger charge is -2.17. The molecule has 0 radical (unpaired) electrons. The van der Waals surface area contributed by atoms with Crippen LogP contribution in [0.2, 0.25) is 0 Å².